The van der Waals surface area contributed by atoms with E-state index in [1.807, 2.05) is 12.1 Å². The van der Waals surface area contributed by atoms with Crippen LogP contribution >= 0.6 is 0 Å². The fourth-order valence-electron chi connectivity index (χ4n) is 2.78. The number of hydrogen-bond acceptors (Lipinski definition) is 3. The molecule has 130 valence electrons. The van der Waals surface area contributed by atoms with E-state index in [1.54, 1.807) is 19.1 Å². The van der Waals surface area contributed by atoms with Crippen molar-refractivity contribution in [1.82, 2.24) is 5.32 Å². The summed E-state index contributed by atoms with van der Waals surface area (Å²) in [6.07, 6.45) is 8.08. The van der Waals surface area contributed by atoms with Gasteiger partial charge in [-0.05, 0) is 63.1 Å². The van der Waals surface area contributed by atoms with Crippen molar-refractivity contribution in [2.45, 2.75) is 58.5 Å². The minimum Gasteiger partial charge on any atom is -0.449 e. The van der Waals surface area contributed by atoms with Gasteiger partial charge in [0.25, 0.3) is 5.91 Å². The molecule has 1 aliphatic carbocycles. The maximum Gasteiger partial charge on any atom is 0.338 e. The Morgan fingerprint density at radius 2 is 1.96 bits per heavy atom. The van der Waals surface area contributed by atoms with Crippen LogP contribution in [-0.4, -0.2) is 24.5 Å². The Labute approximate surface area is 144 Å². The summed E-state index contributed by atoms with van der Waals surface area (Å²) in [5, 5.41) is 2.85. The summed E-state index contributed by atoms with van der Waals surface area (Å²) in [4.78, 5) is 24.1. The predicted octanol–water partition coefficient (Wildman–Crippen LogP) is 3.80. The number of ether oxygens (including phenoxy) is 1. The maximum absolute atomic E-state index is 12.1. The van der Waals surface area contributed by atoms with Crippen molar-refractivity contribution in [2.24, 2.45) is 0 Å². The molecule has 2 rings (SSSR count). The number of nitrogens with one attached hydrogen (secondary N) is 1. The number of benzene rings is 1. The number of amides is 1. The quantitative estimate of drug-likeness (QED) is 0.611. The summed E-state index contributed by atoms with van der Waals surface area (Å²) in [6, 6.07) is 7.28. The van der Waals surface area contributed by atoms with Crippen LogP contribution in [0.4, 0.5) is 0 Å². The van der Waals surface area contributed by atoms with Crippen molar-refractivity contribution in [3.63, 3.8) is 0 Å². The second-order valence-corrected chi connectivity index (χ2v) is 6.25. The molecule has 4 nitrogen and oxygen atoms in total. The Hall–Kier alpha value is -2.10. The van der Waals surface area contributed by atoms with Gasteiger partial charge in [0.1, 0.15) is 0 Å². The van der Waals surface area contributed by atoms with Crippen LogP contribution in [0.25, 0.3) is 0 Å². The summed E-state index contributed by atoms with van der Waals surface area (Å²) in [5.74, 6) is -0.708. The number of carbonyl (C=O) groups is 2. The molecular weight excluding hydrogens is 302 g/mol. The third kappa shape index (κ3) is 5.52. The minimum atomic E-state index is -0.788. The first-order valence-corrected chi connectivity index (χ1v) is 8.85. The SMILES string of the molecule is CCc1ccc(C(=O)O[C@@H](C)C(=O)NCCC2=CCCCC2)cc1. The van der Waals surface area contributed by atoms with E-state index in [-0.39, 0.29) is 5.91 Å². The van der Waals surface area contributed by atoms with Crippen LogP contribution in [0, 0.1) is 0 Å². The summed E-state index contributed by atoms with van der Waals surface area (Å²) >= 11 is 0. The van der Waals surface area contributed by atoms with E-state index < -0.39 is 12.1 Å². The van der Waals surface area contributed by atoms with Crippen molar-refractivity contribution >= 4 is 11.9 Å². The van der Waals surface area contributed by atoms with E-state index in [0.29, 0.717) is 12.1 Å². The first-order valence-electron chi connectivity index (χ1n) is 8.85. The van der Waals surface area contributed by atoms with E-state index in [1.165, 1.54) is 18.4 Å². The summed E-state index contributed by atoms with van der Waals surface area (Å²) in [7, 11) is 0. The van der Waals surface area contributed by atoms with Gasteiger partial charge in [0.05, 0.1) is 5.56 Å². The van der Waals surface area contributed by atoms with Gasteiger partial charge < -0.3 is 10.1 Å². The zero-order valence-corrected chi connectivity index (χ0v) is 14.6. The molecule has 1 aliphatic rings. The summed E-state index contributed by atoms with van der Waals surface area (Å²) in [5.41, 5.74) is 3.05. The first kappa shape index (κ1) is 18.2. The second-order valence-electron chi connectivity index (χ2n) is 6.25. The molecule has 0 fully saturated rings. The molecule has 24 heavy (non-hydrogen) atoms. The number of hydrogen-bond donors (Lipinski definition) is 1. The van der Waals surface area contributed by atoms with Crippen molar-refractivity contribution in [3.05, 3.63) is 47.0 Å². The summed E-state index contributed by atoms with van der Waals surface area (Å²) in [6.45, 7) is 4.26. The highest BCUT2D eigenvalue weighted by Gasteiger charge is 2.18. The van der Waals surface area contributed by atoms with Crippen LogP contribution in [0.1, 0.15) is 61.9 Å². The molecule has 0 heterocycles. The summed E-state index contributed by atoms with van der Waals surface area (Å²) < 4.78 is 5.25. The third-order valence-electron chi connectivity index (χ3n) is 4.38. The standard InChI is InChI=1S/C20H27NO3/c1-3-16-9-11-18(12-10-16)20(23)24-15(2)19(22)21-14-13-17-7-5-4-6-8-17/h7,9-12,15H,3-6,8,13-14H2,1-2H3,(H,21,22)/t15-/m0/s1. The molecule has 0 bridgehead atoms. The zero-order chi connectivity index (χ0) is 17.4. The molecular formula is C20H27NO3. The van der Waals surface area contributed by atoms with Crippen LogP contribution in [0.3, 0.4) is 0 Å². The molecule has 0 unspecified atom stereocenters. The lowest BCUT2D eigenvalue weighted by Gasteiger charge is -2.15. The highest BCUT2D eigenvalue weighted by atomic mass is 16.5. The number of rotatable bonds is 7. The van der Waals surface area contributed by atoms with E-state index in [9.17, 15) is 9.59 Å². The molecule has 0 aliphatic heterocycles. The Morgan fingerprint density at radius 1 is 1.21 bits per heavy atom. The van der Waals surface area contributed by atoms with Gasteiger partial charge in [0, 0.05) is 6.54 Å². The Balaban J connectivity index is 1.75. The van der Waals surface area contributed by atoms with Gasteiger partial charge in [-0.25, -0.2) is 4.79 Å². The average Bonchev–Trinajstić information content (AvgIpc) is 2.62. The van der Waals surface area contributed by atoms with E-state index in [2.05, 4.69) is 18.3 Å². The largest absolute Gasteiger partial charge is 0.449 e. The zero-order valence-electron chi connectivity index (χ0n) is 14.6. The smallest absolute Gasteiger partial charge is 0.338 e. The van der Waals surface area contributed by atoms with Gasteiger partial charge >= 0.3 is 5.97 Å². The Morgan fingerprint density at radius 3 is 2.58 bits per heavy atom. The highest BCUT2D eigenvalue weighted by Crippen LogP contribution is 2.19. The predicted molar refractivity (Wildman–Crippen MR) is 94.9 cm³/mol. The van der Waals surface area contributed by atoms with Crippen molar-refractivity contribution in [2.75, 3.05) is 6.54 Å². The molecule has 0 radical (unpaired) electrons. The van der Waals surface area contributed by atoms with Gasteiger partial charge in [-0.3, -0.25) is 4.79 Å². The van der Waals surface area contributed by atoms with Gasteiger partial charge in [0.2, 0.25) is 0 Å². The van der Waals surface area contributed by atoms with Crippen molar-refractivity contribution in [3.8, 4) is 0 Å². The number of carbonyl (C=O) groups excluding carboxylic acids is 2. The Kier molecular flexibility index (Phi) is 7.04. The number of allylic oxidation sites excluding steroid dienone is 1. The maximum atomic E-state index is 12.1. The van der Waals surface area contributed by atoms with E-state index in [4.69, 9.17) is 4.74 Å². The molecule has 0 aromatic heterocycles. The third-order valence-corrected chi connectivity index (χ3v) is 4.38. The molecule has 0 saturated carbocycles. The molecule has 4 heteroatoms. The van der Waals surface area contributed by atoms with Crippen LogP contribution in [0.5, 0.6) is 0 Å². The van der Waals surface area contributed by atoms with E-state index >= 15 is 0 Å². The van der Waals surface area contributed by atoms with Crippen LogP contribution in [0.15, 0.2) is 35.9 Å². The Bertz CT molecular complexity index is 589. The lowest BCUT2D eigenvalue weighted by Crippen LogP contribution is -2.36. The monoisotopic (exact) mass is 329 g/mol. The molecule has 0 saturated heterocycles. The van der Waals surface area contributed by atoms with E-state index in [0.717, 1.165) is 31.2 Å². The van der Waals surface area contributed by atoms with Crippen molar-refractivity contribution in [1.29, 1.82) is 0 Å². The number of aryl methyl sites for hydroxylation is 1. The van der Waals surface area contributed by atoms with Gasteiger partial charge in [0.15, 0.2) is 6.10 Å². The molecule has 1 amide bonds. The van der Waals surface area contributed by atoms with Gasteiger partial charge in [-0.1, -0.05) is 30.7 Å². The lowest BCUT2D eigenvalue weighted by atomic mass is 9.97. The fraction of sp³-hybridized carbons (Fsp3) is 0.500. The second kappa shape index (κ2) is 9.26. The molecule has 1 aromatic carbocycles. The number of esters is 1. The van der Waals surface area contributed by atoms with Crippen LogP contribution in [0.2, 0.25) is 0 Å². The molecule has 1 aromatic rings. The topological polar surface area (TPSA) is 55.4 Å². The normalized spacial score (nSPS) is 15.3. The molecule has 1 N–H and O–H groups in total. The molecule has 0 spiro atoms. The van der Waals surface area contributed by atoms with Gasteiger partial charge in [-0.2, -0.15) is 0 Å². The van der Waals surface area contributed by atoms with Crippen LogP contribution < -0.4 is 5.32 Å². The van der Waals surface area contributed by atoms with Crippen LogP contribution in [-0.2, 0) is 16.0 Å². The van der Waals surface area contributed by atoms with Gasteiger partial charge in [-0.15, -0.1) is 0 Å². The lowest BCUT2D eigenvalue weighted by molar-refractivity contribution is -0.129. The molecule has 1 atom stereocenters. The van der Waals surface area contributed by atoms with Crippen molar-refractivity contribution < 1.29 is 14.3 Å². The minimum absolute atomic E-state index is 0.245. The first-order chi connectivity index (χ1) is 11.6. The fourth-order valence-corrected chi connectivity index (χ4v) is 2.78. The highest BCUT2D eigenvalue weighted by molar-refractivity contribution is 5.92. The average molecular weight is 329 g/mol.